The summed E-state index contributed by atoms with van der Waals surface area (Å²) in [4.78, 5) is 19.6. The number of pyridine rings is 1. The van der Waals surface area contributed by atoms with Crippen molar-refractivity contribution in [2.75, 3.05) is 17.3 Å². The lowest BCUT2D eigenvalue weighted by Gasteiger charge is -2.29. The van der Waals surface area contributed by atoms with Crippen LogP contribution in [0.25, 0.3) is 5.69 Å². The molecule has 1 amide bonds. The molecular formula is C34H39N5O2S. The Kier molecular flexibility index (Phi) is 7.86. The van der Waals surface area contributed by atoms with Gasteiger partial charge in [0, 0.05) is 40.4 Å². The Balaban J connectivity index is 1.64. The van der Waals surface area contributed by atoms with Gasteiger partial charge in [-0.1, -0.05) is 39.0 Å². The highest BCUT2D eigenvalue weighted by atomic mass is 32.1. The maximum absolute atomic E-state index is 12.7. The van der Waals surface area contributed by atoms with Crippen LogP contribution in [-0.4, -0.2) is 27.7 Å². The number of hydrogen-bond donors (Lipinski definition) is 2. The molecule has 2 N–H and O–H groups in total. The van der Waals surface area contributed by atoms with Crippen molar-refractivity contribution in [3.63, 3.8) is 0 Å². The number of hydrogen-bond acceptors (Lipinski definition) is 4. The molecule has 0 spiro atoms. The standard InChI is InChI=1S/C34H39N5O2S/c1-20-12-13-21(2)28(17-20)38-22(3)18-25(23(38)4)31-30(27-11-9-10-16-35-27)37-33(42)39(31)24-14-15-26(29(19-24)41-8)36-32(40)34(5,6)7/h9-19,30-31H,1-8H3,(H,36,40)(H,37,42)/t30-,31-/m1/s1. The van der Waals surface area contributed by atoms with E-state index < -0.39 is 5.41 Å². The molecule has 0 radical (unpaired) electrons. The lowest BCUT2D eigenvalue weighted by molar-refractivity contribution is -0.123. The largest absolute Gasteiger partial charge is 0.494 e. The van der Waals surface area contributed by atoms with Gasteiger partial charge < -0.3 is 24.8 Å². The quantitative estimate of drug-likeness (QED) is 0.233. The van der Waals surface area contributed by atoms with E-state index in [1.165, 1.54) is 16.8 Å². The Labute approximate surface area is 253 Å². The first-order chi connectivity index (χ1) is 19.9. The van der Waals surface area contributed by atoms with Crippen molar-refractivity contribution in [2.24, 2.45) is 5.41 Å². The predicted molar refractivity (Wildman–Crippen MR) is 174 cm³/mol. The van der Waals surface area contributed by atoms with Crippen LogP contribution in [0.2, 0.25) is 0 Å². The summed E-state index contributed by atoms with van der Waals surface area (Å²) in [7, 11) is 1.61. The average Bonchev–Trinajstić information content (AvgIpc) is 3.44. The number of nitrogens with zero attached hydrogens (tertiary/aromatic N) is 3. The van der Waals surface area contributed by atoms with Crippen molar-refractivity contribution in [3.05, 3.63) is 101 Å². The molecule has 0 aliphatic carbocycles. The molecule has 0 unspecified atom stereocenters. The minimum atomic E-state index is -0.538. The summed E-state index contributed by atoms with van der Waals surface area (Å²) >= 11 is 5.99. The SMILES string of the molecule is COc1cc(N2C(=S)N[C@H](c3ccccn3)[C@H]2c2cc(C)n(-c3cc(C)ccc3C)c2C)ccc1NC(=O)C(C)(C)C. The molecule has 0 bridgehead atoms. The summed E-state index contributed by atoms with van der Waals surface area (Å²) in [6.07, 6.45) is 1.81. The number of benzene rings is 2. The fourth-order valence-electron chi connectivity index (χ4n) is 5.61. The second-order valence-electron chi connectivity index (χ2n) is 12.0. The minimum Gasteiger partial charge on any atom is -0.494 e. The summed E-state index contributed by atoms with van der Waals surface area (Å²) in [6, 6.07) is 20.2. The van der Waals surface area contributed by atoms with E-state index in [1.54, 1.807) is 7.11 Å². The molecule has 2 aromatic heterocycles. The van der Waals surface area contributed by atoms with Gasteiger partial charge in [-0.2, -0.15) is 0 Å². The minimum absolute atomic E-state index is 0.0844. The number of aryl methyl sites for hydroxylation is 3. The van der Waals surface area contributed by atoms with Gasteiger partial charge in [0.25, 0.3) is 0 Å². The van der Waals surface area contributed by atoms with Crippen LogP contribution in [0.1, 0.15) is 66.6 Å². The number of aromatic nitrogens is 2. The second kappa shape index (κ2) is 11.2. The van der Waals surface area contributed by atoms with E-state index in [1.807, 2.05) is 63.4 Å². The Hall–Kier alpha value is -4.17. The van der Waals surface area contributed by atoms with Gasteiger partial charge in [-0.25, -0.2) is 0 Å². The molecule has 1 aliphatic heterocycles. The van der Waals surface area contributed by atoms with E-state index in [9.17, 15) is 4.79 Å². The summed E-state index contributed by atoms with van der Waals surface area (Å²) in [5, 5.41) is 7.17. The molecule has 2 atom stereocenters. The number of methoxy groups -OCH3 is 1. The maximum atomic E-state index is 12.7. The van der Waals surface area contributed by atoms with E-state index in [0.717, 1.165) is 28.3 Å². The van der Waals surface area contributed by atoms with Crippen molar-refractivity contribution in [3.8, 4) is 11.4 Å². The highest BCUT2D eigenvalue weighted by Crippen LogP contribution is 2.45. The zero-order valence-electron chi connectivity index (χ0n) is 25.6. The van der Waals surface area contributed by atoms with E-state index in [-0.39, 0.29) is 18.0 Å². The summed E-state index contributed by atoms with van der Waals surface area (Å²) < 4.78 is 8.09. The van der Waals surface area contributed by atoms with Crippen molar-refractivity contribution in [1.82, 2.24) is 14.9 Å². The van der Waals surface area contributed by atoms with Crippen LogP contribution < -0.4 is 20.3 Å². The van der Waals surface area contributed by atoms with E-state index in [2.05, 4.69) is 72.1 Å². The van der Waals surface area contributed by atoms with Crippen molar-refractivity contribution < 1.29 is 9.53 Å². The van der Waals surface area contributed by atoms with E-state index in [0.29, 0.717) is 16.5 Å². The molecule has 8 heteroatoms. The molecule has 4 aromatic rings. The summed E-state index contributed by atoms with van der Waals surface area (Å²) in [6.45, 7) is 14.2. The van der Waals surface area contributed by atoms with E-state index >= 15 is 0 Å². The molecule has 7 nitrogen and oxygen atoms in total. The Morgan fingerprint density at radius 1 is 1.02 bits per heavy atom. The van der Waals surface area contributed by atoms with Crippen LogP contribution in [-0.2, 0) is 4.79 Å². The fourth-order valence-corrected chi connectivity index (χ4v) is 5.96. The first-order valence-electron chi connectivity index (χ1n) is 14.2. The number of carbonyl (C=O) groups is 1. The number of thiocarbonyl (C=S) groups is 1. The van der Waals surface area contributed by atoms with Crippen LogP contribution in [0, 0.1) is 33.1 Å². The highest BCUT2D eigenvalue weighted by Gasteiger charge is 2.42. The Morgan fingerprint density at radius 3 is 2.45 bits per heavy atom. The van der Waals surface area contributed by atoms with Gasteiger partial charge in [0.05, 0.1) is 30.6 Å². The second-order valence-corrected chi connectivity index (χ2v) is 12.4. The fraction of sp³-hybridized carbons (Fsp3) is 0.324. The van der Waals surface area contributed by atoms with Crippen LogP contribution in [0.3, 0.4) is 0 Å². The van der Waals surface area contributed by atoms with Gasteiger partial charge >= 0.3 is 0 Å². The van der Waals surface area contributed by atoms with Crippen molar-refractivity contribution in [2.45, 2.75) is 60.5 Å². The predicted octanol–water partition coefficient (Wildman–Crippen LogP) is 7.28. The van der Waals surface area contributed by atoms with Crippen molar-refractivity contribution >= 4 is 34.6 Å². The third-order valence-corrected chi connectivity index (χ3v) is 8.20. The zero-order chi connectivity index (χ0) is 30.3. The maximum Gasteiger partial charge on any atom is 0.229 e. The molecule has 218 valence electrons. The summed E-state index contributed by atoms with van der Waals surface area (Å²) in [5.41, 5.74) is 8.89. The van der Waals surface area contributed by atoms with Gasteiger partial charge in [-0.3, -0.25) is 9.78 Å². The number of carbonyl (C=O) groups excluding carboxylic acids is 1. The Morgan fingerprint density at radius 2 is 1.79 bits per heavy atom. The Bertz CT molecular complexity index is 1650. The molecule has 1 aliphatic rings. The highest BCUT2D eigenvalue weighted by molar-refractivity contribution is 7.80. The molecule has 5 rings (SSSR count). The third-order valence-electron chi connectivity index (χ3n) is 7.89. The number of anilines is 2. The van der Waals surface area contributed by atoms with Crippen LogP contribution >= 0.6 is 12.2 Å². The van der Waals surface area contributed by atoms with Crippen LogP contribution in [0.15, 0.2) is 66.9 Å². The first-order valence-corrected chi connectivity index (χ1v) is 14.6. The number of ether oxygens (including phenoxy) is 1. The number of amides is 1. The molecular weight excluding hydrogens is 542 g/mol. The van der Waals surface area contributed by atoms with Gasteiger partial charge in [-0.05, 0) is 93.0 Å². The summed E-state index contributed by atoms with van der Waals surface area (Å²) in [5.74, 6) is 0.479. The van der Waals surface area contributed by atoms with Gasteiger partial charge in [-0.15, -0.1) is 0 Å². The number of rotatable bonds is 6. The molecule has 0 saturated carbocycles. The average molecular weight is 582 g/mol. The van der Waals surface area contributed by atoms with Crippen LogP contribution in [0.5, 0.6) is 5.75 Å². The molecule has 2 aromatic carbocycles. The normalized spacial score (nSPS) is 16.9. The smallest absolute Gasteiger partial charge is 0.229 e. The zero-order valence-corrected chi connectivity index (χ0v) is 26.4. The van der Waals surface area contributed by atoms with Gasteiger partial charge in [0.2, 0.25) is 5.91 Å². The lowest BCUT2D eigenvalue weighted by atomic mass is 9.95. The third kappa shape index (κ3) is 5.39. The topological polar surface area (TPSA) is 71.4 Å². The monoisotopic (exact) mass is 581 g/mol. The lowest BCUT2D eigenvalue weighted by Crippen LogP contribution is -2.30. The van der Waals surface area contributed by atoms with E-state index in [4.69, 9.17) is 21.9 Å². The first kappa shape index (κ1) is 29.3. The molecule has 3 heterocycles. The molecule has 42 heavy (non-hydrogen) atoms. The number of nitrogens with one attached hydrogen (secondary N) is 2. The molecule has 1 saturated heterocycles. The van der Waals surface area contributed by atoms with Crippen molar-refractivity contribution in [1.29, 1.82) is 0 Å². The van der Waals surface area contributed by atoms with Gasteiger partial charge in [0.15, 0.2) is 5.11 Å². The van der Waals surface area contributed by atoms with Gasteiger partial charge in [0.1, 0.15) is 5.75 Å². The van der Waals surface area contributed by atoms with Crippen LogP contribution in [0.4, 0.5) is 11.4 Å². The molecule has 1 fully saturated rings.